The van der Waals surface area contributed by atoms with Crippen molar-refractivity contribution in [3.63, 3.8) is 0 Å². The zero-order valence-electron chi connectivity index (χ0n) is 15.5. The normalized spacial score (nSPS) is 19.4. The lowest BCUT2D eigenvalue weighted by Gasteiger charge is -2.33. The van der Waals surface area contributed by atoms with Crippen molar-refractivity contribution in [1.82, 2.24) is 10.2 Å². The van der Waals surface area contributed by atoms with E-state index in [4.69, 9.17) is 0 Å². The van der Waals surface area contributed by atoms with Gasteiger partial charge in [-0.05, 0) is 23.8 Å². The highest BCUT2D eigenvalue weighted by atomic mass is 16.3. The van der Waals surface area contributed by atoms with E-state index >= 15 is 0 Å². The van der Waals surface area contributed by atoms with Crippen LogP contribution < -0.4 is 5.32 Å². The minimum Gasteiger partial charge on any atom is -0.391 e. The highest BCUT2D eigenvalue weighted by Crippen LogP contribution is 2.20. The summed E-state index contributed by atoms with van der Waals surface area (Å²) < 4.78 is 0. The molecule has 0 saturated carbocycles. The van der Waals surface area contributed by atoms with Crippen LogP contribution in [0.2, 0.25) is 0 Å². The first kappa shape index (κ1) is 19.4. The van der Waals surface area contributed by atoms with Crippen molar-refractivity contribution in [3.8, 4) is 0 Å². The molecule has 1 aliphatic heterocycles. The lowest BCUT2D eigenvalue weighted by atomic mass is 9.89. The van der Waals surface area contributed by atoms with Crippen LogP contribution in [0.5, 0.6) is 0 Å². The first-order chi connectivity index (χ1) is 11.8. The minimum atomic E-state index is -0.587. The first-order valence-electron chi connectivity index (χ1n) is 9.05. The minimum absolute atomic E-state index is 0.0680. The number of hydrogen-bond acceptors (Lipinski definition) is 3. The molecule has 1 aromatic carbocycles. The standard InChI is InChI=1S/C20H30N2O3/c1-20(2,3)17(23)13-21-19(25)16-10-7-11-22(14-16)18(24)12-15-8-5-4-6-9-15/h4-6,8-9,16-17,23H,7,10-14H2,1-3H3,(H,21,25). The predicted octanol–water partition coefficient (Wildman–Crippen LogP) is 1.99. The summed E-state index contributed by atoms with van der Waals surface area (Å²) in [5, 5.41) is 12.9. The summed E-state index contributed by atoms with van der Waals surface area (Å²) in [6.45, 7) is 7.23. The van der Waals surface area contributed by atoms with Gasteiger partial charge in [-0.2, -0.15) is 0 Å². The van der Waals surface area contributed by atoms with E-state index in [-0.39, 0.29) is 29.7 Å². The third-order valence-electron chi connectivity index (χ3n) is 4.81. The number of carbonyl (C=O) groups is 2. The molecule has 0 spiro atoms. The molecular formula is C20H30N2O3. The number of likely N-dealkylation sites (tertiary alicyclic amines) is 1. The summed E-state index contributed by atoms with van der Waals surface area (Å²) in [6.07, 6.45) is 1.40. The average molecular weight is 346 g/mol. The van der Waals surface area contributed by atoms with Gasteiger partial charge in [0.25, 0.3) is 0 Å². The van der Waals surface area contributed by atoms with Gasteiger partial charge in [-0.15, -0.1) is 0 Å². The second-order valence-electron chi connectivity index (χ2n) is 7.97. The summed E-state index contributed by atoms with van der Waals surface area (Å²) >= 11 is 0. The molecule has 0 aromatic heterocycles. The van der Waals surface area contributed by atoms with E-state index in [0.717, 1.165) is 18.4 Å². The largest absolute Gasteiger partial charge is 0.391 e. The Bertz CT molecular complexity index is 580. The Balaban J connectivity index is 1.85. The molecule has 1 fully saturated rings. The lowest BCUT2D eigenvalue weighted by molar-refractivity contribution is -0.135. The fraction of sp³-hybridized carbons (Fsp3) is 0.600. The molecule has 2 rings (SSSR count). The Morgan fingerprint density at radius 1 is 1.28 bits per heavy atom. The van der Waals surface area contributed by atoms with Crippen molar-refractivity contribution in [2.75, 3.05) is 19.6 Å². The van der Waals surface area contributed by atoms with Crippen molar-refractivity contribution in [2.45, 2.75) is 46.1 Å². The van der Waals surface area contributed by atoms with Gasteiger partial charge in [-0.1, -0.05) is 51.1 Å². The number of nitrogens with one attached hydrogen (secondary N) is 1. The number of benzene rings is 1. The van der Waals surface area contributed by atoms with Gasteiger partial charge in [0.2, 0.25) is 11.8 Å². The molecular weight excluding hydrogens is 316 g/mol. The monoisotopic (exact) mass is 346 g/mol. The smallest absolute Gasteiger partial charge is 0.227 e. The SMILES string of the molecule is CC(C)(C)C(O)CNC(=O)C1CCCN(C(=O)Cc2ccccc2)C1. The average Bonchev–Trinajstić information content (AvgIpc) is 2.59. The molecule has 5 nitrogen and oxygen atoms in total. The number of piperidine rings is 1. The van der Waals surface area contributed by atoms with Gasteiger partial charge in [0.1, 0.15) is 0 Å². The number of amides is 2. The molecule has 1 aromatic rings. The summed E-state index contributed by atoms with van der Waals surface area (Å²) in [5.41, 5.74) is 0.727. The van der Waals surface area contributed by atoms with Gasteiger partial charge < -0.3 is 15.3 Å². The van der Waals surface area contributed by atoms with E-state index in [9.17, 15) is 14.7 Å². The van der Waals surface area contributed by atoms with Gasteiger partial charge in [-0.3, -0.25) is 9.59 Å². The molecule has 2 unspecified atom stereocenters. The number of aliphatic hydroxyl groups excluding tert-OH is 1. The fourth-order valence-electron chi connectivity index (χ4n) is 2.95. The van der Waals surface area contributed by atoms with Crippen LogP contribution in [0, 0.1) is 11.3 Å². The molecule has 5 heteroatoms. The van der Waals surface area contributed by atoms with Gasteiger partial charge >= 0.3 is 0 Å². The maximum atomic E-state index is 12.5. The number of hydrogen-bond donors (Lipinski definition) is 2. The van der Waals surface area contributed by atoms with Crippen molar-refractivity contribution in [1.29, 1.82) is 0 Å². The van der Waals surface area contributed by atoms with Crippen LogP contribution in [-0.2, 0) is 16.0 Å². The summed E-state index contributed by atoms with van der Waals surface area (Å²) in [5.74, 6) is -0.195. The zero-order valence-corrected chi connectivity index (χ0v) is 15.5. The van der Waals surface area contributed by atoms with Crippen LogP contribution >= 0.6 is 0 Å². The van der Waals surface area contributed by atoms with Gasteiger partial charge in [-0.25, -0.2) is 0 Å². The predicted molar refractivity (Wildman–Crippen MR) is 97.9 cm³/mol. The third-order valence-corrected chi connectivity index (χ3v) is 4.81. The van der Waals surface area contributed by atoms with Crippen molar-refractivity contribution < 1.29 is 14.7 Å². The topological polar surface area (TPSA) is 69.6 Å². The van der Waals surface area contributed by atoms with E-state index in [1.165, 1.54) is 0 Å². The number of aliphatic hydroxyl groups is 1. The Morgan fingerprint density at radius 2 is 1.96 bits per heavy atom. The Hall–Kier alpha value is -1.88. The molecule has 1 saturated heterocycles. The molecule has 1 heterocycles. The Kier molecular flexibility index (Phi) is 6.59. The lowest BCUT2D eigenvalue weighted by Crippen LogP contribution is -2.48. The second-order valence-corrected chi connectivity index (χ2v) is 7.97. The summed E-state index contributed by atoms with van der Waals surface area (Å²) in [7, 11) is 0. The van der Waals surface area contributed by atoms with E-state index in [2.05, 4.69) is 5.32 Å². The molecule has 1 aliphatic rings. The van der Waals surface area contributed by atoms with Crippen molar-refractivity contribution in [2.24, 2.45) is 11.3 Å². The first-order valence-corrected chi connectivity index (χ1v) is 9.05. The Labute approximate surface area is 150 Å². The molecule has 2 amide bonds. The number of carbonyl (C=O) groups excluding carboxylic acids is 2. The maximum Gasteiger partial charge on any atom is 0.227 e. The Morgan fingerprint density at radius 3 is 2.60 bits per heavy atom. The molecule has 25 heavy (non-hydrogen) atoms. The van der Waals surface area contributed by atoms with E-state index in [1.807, 2.05) is 51.1 Å². The fourth-order valence-corrected chi connectivity index (χ4v) is 2.95. The van der Waals surface area contributed by atoms with Crippen LogP contribution in [-0.4, -0.2) is 47.6 Å². The molecule has 0 aliphatic carbocycles. The number of rotatable bonds is 5. The van der Waals surface area contributed by atoms with Gasteiger partial charge in [0.05, 0.1) is 18.4 Å². The van der Waals surface area contributed by atoms with Crippen molar-refractivity contribution >= 4 is 11.8 Å². The molecule has 2 N–H and O–H groups in total. The van der Waals surface area contributed by atoms with E-state index in [1.54, 1.807) is 4.90 Å². The quantitative estimate of drug-likeness (QED) is 0.857. The maximum absolute atomic E-state index is 12.5. The van der Waals surface area contributed by atoms with Crippen LogP contribution in [0.25, 0.3) is 0 Å². The van der Waals surface area contributed by atoms with Crippen LogP contribution in [0.15, 0.2) is 30.3 Å². The van der Waals surface area contributed by atoms with Gasteiger partial charge in [0, 0.05) is 19.6 Å². The second kappa shape index (κ2) is 8.48. The third kappa shape index (κ3) is 5.85. The van der Waals surface area contributed by atoms with E-state index in [0.29, 0.717) is 19.5 Å². The van der Waals surface area contributed by atoms with Crippen LogP contribution in [0.1, 0.15) is 39.2 Å². The molecule has 0 bridgehead atoms. The number of nitrogens with zero attached hydrogens (tertiary/aromatic N) is 1. The van der Waals surface area contributed by atoms with Crippen LogP contribution in [0.4, 0.5) is 0 Å². The molecule has 2 atom stereocenters. The highest BCUT2D eigenvalue weighted by Gasteiger charge is 2.29. The molecule has 138 valence electrons. The van der Waals surface area contributed by atoms with E-state index < -0.39 is 6.10 Å². The zero-order chi connectivity index (χ0) is 18.4. The summed E-state index contributed by atoms with van der Waals surface area (Å²) in [4.78, 5) is 26.7. The van der Waals surface area contributed by atoms with Crippen LogP contribution in [0.3, 0.4) is 0 Å². The van der Waals surface area contributed by atoms with Crippen molar-refractivity contribution in [3.05, 3.63) is 35.9 Å². The summed E-state index contributed by atoms with van der Waals surface area (Å²) in [6, 6.07) is 9.67. The highest BCUT2D eigenvalue weighted by molar-refractivity contribution is 5.82. The van der Waals surface area contributed by atoms with Gasteiger partial charge in [0.15, 0.2) is 0 Å². The molecule has 0 radical (unpaired) electrons.